The quantitative estimate of drug-likeness (QED) is 0.940. The Bertz CT molecular complexity index is 726. The summed E-state index contributed by atoms with van der Waals surface area (Å²) in [6, 6.07) is 8.83. The number of hydrogen-bond acceptors (Lipinski definition) is 4. The van der Waals surface area contributed by atoms with Crippen molar-refractivity contribution < 1.29 is 12.8 Å². The van der Waals surface area contributed by atoms with E-state index in [2.05, 4.69) is 5.32 Å². The number of rotatable bonds is 4. The molecular weight excluding hydrogens is 309 g/mol. The third-order valence-electron chi connectivity index (χ3n) is 3.64. The lowest BCUT2D eigenvalue weighted by atomic mass is 10.1. The Kier molecular flexibility index (Phi) is 4.10. The highest BCUT2D eigenvalue weighted by Crippen LogP contribution is 2.28. The van der Waals surface area contributed by atoms with Gasteiger partial charge in [-0.3, -0.25) is 0 Å². The molecule has 2 heterocycles. The van der Waals surface area contributed by atoms with Crippen molar-refractivity contribution in [3.05, 3.63) is 47.1 Å². The molecule has 1 aromatic carbocycles. The van der Waals surface area contributed by atoms with Crippen LogP contribution in [0.4, 0.5) is 4.39 Å². The molecule has 0 radical (unpaired) electrons. The molecular formula is C15H16FNO2S2. The lowest BCUT2D eigenvalue weighted by molar-refractivity contribution is 0.553. The van der Waals surface area contributed by atoms with E-state index >= 15 is 0 Å². The van der Waals surface area contributed by atoms with Gasteiger partial charge in [0.15, 0.2) is 9.84 Å². The van der Waals surface area contributed by atoms with E-state index in [1.54, 1.807) is 6.07 Å². The molecule has 0 spiro atoms. The van der Waals surface area contributed by atoms with E-state index in [-0.39, 0.29) is 23.4 Å². The monoisotopic (exact) mass is 325 g/mol. The fourth-order valence-electron chi connectivity index (χ4n) is 2.52. The maximum Gasteiger partial charge on any atom is 0.151 e. The Labute approximate surface area is 127 Å². The van der Waals surface area contributed by atoms with Crippen LogP contribution in [0.3, 0.4) is 0 Å². The second kappa shape index (κ2) is 5.87. The SMILES string of the molecule is O=S1(=O)CC[C@@H](NCc2ccc(F)c(-c3cccs3)c2)C1. The van der Waals surface area contributed by atoms with E-state index in [0.717, 1.165) is 10.4 Å². The minimum absolute atomic E-state index is 0.00485. The second-order valence-corrected chi connectivity index (χ2v) is 8.45. The van der Waals surface area contributed by atoms with Crippen molar-refractivity contribution in [2.24, 2.45) is 0 Å². The Balaban J connectivity index is 1.71. The van der Waals surface area contributed by atoms with Gasteiger partial charge >= 0.3 is 0 Å². The minimum atomic E-state index is -2.87. The van der Waals surface area contributed by atoms with E-state index in [1.807, 2.05) is 23.6 Å². The number of halogens is 1. The lowest BCUT2D eigenvalue weighted by Gasteiger charge is -2.11. The Morgan fingerprint density at radius 1 is 1.33 bits per heavy atom. The Morgan fingerprint density at radius 2 is 2.19 bits per heavy atom. The summed E-state index contributed by atoms with van der Waals surface area (Å²) in [4.78, 5) is 0.901. The van der Waals surface area contributed by atoms with Crippen molar-refractivity contribution in [2.75, 3.05) is 11.5 Å². The third-order valence-corrected chi connectivity index (χ3v) is 6.32. The standard InChI is InChI=1S/C15H16FNO2S2/c16-14-4-3-11(8-13(14)15-2-1-6-20-15)9-17-12-5-7-21(18,19)10-12/h1-4,6,8,12,17H,5,7,9-10H2/t12-/m1/s1. The molecule has 1 aromatic heterocycles. The fraction of sp³-hybridized carbons (Fsp3) is 0.333. The minimum Gasteiger partial charge on any atom is -0.309 e. The average Bonchev–Trinajstić information content (AvgIpc) is 3.07. The summed E-state index contributed by atoms with van der Waals surface area (Å²) in [6.45, 7) is 0.554. The molecule has 0 unspecified atom stereocenters. The summed E-state index contributed by atoms with van der Waals surface area (Å²) in [7, 11) is -2.87. The van der Waals surface area contributed by atoms with Crippen LogP contribution in [0, 0.1) is 5.82 Å². The predicted octanol–water partition coefficient (Wildman–Crippen LogP) is 2.83. The Morgan fingerprint density at radius 3 is 2.86 bits per heavy atom. The number of benzene rings is 1. The average molecular weight is 325 g/mol. The largest absolute Gasteiger partial charge is 0.309 e. The number of hydrogen-bond donors (Lipinski definition) is 1. The van der Waals surface area contributed by atoms with E-state index in [4.69, 9.17) is 0 Å². The molecule has 1 aliphatic heterocycles. The first-order valence-electron chi connectivity index (χ1n) is 6.80. The molecule has 1 atom stereocenters. The molecule has 0 aliphatic carbocycles. The molecule has 1 aliphatic rings. The summed E-state index contributed by atoms with van der Waals surface area (Å²) < 4.78 is 36.7. The summed E-state index contributed by atoms with van der Waals surface area (Å²) in [5.41, 5.74) is 1.56. The van der Waals surface area contributed by atoms with E-state index in [1.165, 1.54) is 17.4 Å². The van der Waals surface area contributed by atoms with Gasteiger partial charge in [-0.1, -0.05) is 12.1 Å². The maximum absolute atomic E-state index is 13.9. The first kappa shape index (κ1) is 14.7. The fourth-order valence-corrected chi connectivity index (χ4v) is 4.97. The summed E-state index contributed by atoms with van der Waals surface area (Å²) in [5.74, 6) is 0.227. The molecule has 21 heavy (non-hydrogen) atoms. The molecule has 1 fully saturated rings. The molecule has 6 heteroatoms. The van der Waals surface area contributed by atoms with Crippen molar-refractivity contribution in [2.45, 2.75) is 19.0 Å². The Hall–Kier alpha value is -1.24. The van der Waals surface area contributed by atoms with Crippen LogP contribution in [0.25, 0.3) is 10.4 Å². The molecule has 0 amide bonds. The van der Waals surface area contributed by atoms with Gasteiger partial charge in [0.05, 0.1) is 11.5 Å². The van der Waals surface area contributed by atoms with Crippen molar-refractivity contribution in [3.8, 4) is 10.4 Å². The molecule has 3 rings (SSSR count). The summed E-state index contributed by atoms with van der Waals surface area (Å²) >= 11 is 1.50. The third kappa shape index (κ3) is 3.51. The van der Waals surface area contributed by atoms with Gasteiger partial charge in [0.2, 0.25) is 0 Å². The van der Waals surface area contributed by atoms with Crippen molar-refractivity contribution in [3.63, 3.8) is 0 Å². The first-order chi connectivity index (χ1) is 10.0. The van der Waals surface area contributed by atoms with E-state index in [0.29, 0.717) is 18.5 Å². The van der Waals surface area contributed by atoms with E-state index < -0.39 is 9.84 Å². The highest BCUT2D eigenvalue weighted by molar-refractivity contribution is 7.91. The number of nitrogens with one attached hydrogen (secondary N) is 1. The second-order valence-electron chi connectivity index (χ2n) is 5.27. The lowest BCUT2D eigenvalue weighted by Crippen LogP contribution is -2.29. The zero-order valence-electron chi connectivity index (χ0n) is 11.4. The maximum atomic E-state index is 13.9. The smallest absolute Gasteiger partial charge is 0.151 e. The van der Waals surface area contributed by atoms with Crippen molar-refractivity contribution in [1.82, 2.24) is 5.32 Å². The molecule has 1 saturated heterocycles. The van der Waals surface area contributed by atoms with Gasteiger partial charge in [0.1, 0.15) is 5.82 Å². The highest BCUT2D eigenvalue weighted by atomic mass is 32.2. The van der Waals surface area contributed by atoms with Gasteiger partial charge < -0.3 is 5.32 Å². The van der Waals surface area contributed by atoms with Crippen molar-refractivity contribution in [1.29, 1.82) is 0 Å². The van der Waals surface area contributed by atoms with Gasteiger partial charge in [-0.15, -0.1) is 11.3 Å². The number of thiophene rings is 1. The van der Waals surface area contributed by atoms with Gasteiger partial charge in [-0.2, -0.15) is 0 Å². The van der Waals surface area contributed by atoms with Crippen molar-refractivity contribution >= 4 is 21.2 Å². The van der Waals surface area contributed by atoms with Crippen LogP contribution < -0.4 is 5.32 Å². The van der Waals surface area contributed by atoms with Crippen LogP contribution in [0.2, 0.25) is 0 Å². The summed E-state index contributed by atoms with van der Waals surface area (Å²) in [5, 5.41) is 5.17. The van der Waals surface area contributed by atoms with Crippen LogP contribution in [-0.4, -0.2) is 26.0 Å². The first-order valence-corrected chi connectivity index (χ1v) is 9.50. The highest BCUT2D eigenvalue weighted by Gasteiger charge is 2.27. The van der Waals surface area contributed by atoms with Gasteiger partial charge in [0.25, 0.3) is 0 Å². The molecule has 2 aromatic rings. The zero-order valence-corrected chi connectivity index (χ0v) is 13.0. The van der Waals surface area contributed by atoms with Gasteiger partial charge in [-0.25, -0.2) is 12.8 Å². The van der Waals surface area contributed by atoms with Crippen LogP contribution in [0.15, 0.2) is 35.7 Å². The zero-order chi connectivity index (χ0) is 14.9. The topological polar surface area (TPSA) is 46.2 Å². The molecule has 112 valence electrons. The van der Waals surface area contributed by atoms with Crippen LogP contribution in [0.1, 0.15) is 12.0 Å². The van der Waals surface area contributed by atoms with Gasteiger partial charge in [-0.05, 0) is 35.6 Å². The predicted molar refractivity (Wildman–Crippen MR) is 83.6 cm³/mol. The normalized spacial score (nSPS) is 20.7. The van der Waals surface area contributed by atoms with Gasteiger partial charge in [0, 0.05) is 23.0 Å². The summed E-state index contributed by atoms with van der Waals surface area (Å²) in [6.07, 6.45) is 0.654. The van der Waals surface area contributed by atoms with E-state index in [9.17, 15) is 12.8 Å². The van der Waals surface area contributed by atoms with Crippen LogP contribution in [-0.2, 0) is 16.4 Å². The van der Waals surface area contributed by atoms with Crippen LogP contribution >= 0.6 is 11.3 Å². The molecule has 1 N–H and O–H groups in total. The molecule has 0 bridgehead atoms. The molecule has 3 nitrogen and oxygen atoms in total. The van der Waals surface area contributed by atoms with Crippen LogP contribution in [0.5, 0.6) is 0 Å². The molecule has 0 saturated carbocycles. The number of sulfone groups is 1.